The number of nitrogens with zero attached hydrogens (tertiary/aromatic N) is 1. The van der Waals surface area contributed by atoms with Crippen molar-refractivity contribution in [3.8, 4) is 0 Å². The van der Waals surface area contributed by atoms with E-state index in [1.54, 1.807) is 6.92 Å². The lowest BCUT2D eigenvalue weighted by Crippen LogP contribution is -2.11. The summed E-state index contributed by atoms with van der Waals surface area (Å²) in [5, 5.41) is 0.462. The molecule has 2 aromatic carbocycles. The van der Waals surface area contributed by atoms with Crippen molar-refractivity contribution in [1.29, 1.82) is 0 Å². The van der Waals surface area contributed by atoms with Gasteiger partial charge in [-0.15, -0.1) is 0 Å². The molecule has 1 N–H and O–H groups in total. The molecule has 0 unspecified atom stereocenters. The monoisotopic (exact) mass is 336 g/mol. The van der Waals surface area contributed by atoms with E-state index in [1.165, 1.54) is 24.3 Å². The third-order valence-corrected chi connectivity index (χ3v) is 4.81. The summed E-state index contributed by atoms with van der Waals surface area (Å²) >= 11 is 5.76. The predicted octanol–water partition coefficient (Wildman–Crippen LogP) is 3.68. The molecule has 1 aromatic heterocycles. The van der Waals surface area contributed by atoms with Crippen molar-refractivity contribution >= 4 is 32.8 Å². The van der Waals surface area contributed by atoms with Crippen LogP contribution in [0.15, 0.2) is 53.4 Å². The van der Waals surface area contributed by atoms with E-state index in [4.69, 9.17) is 15.8 Å². The topological polar surface area (TPSA) is 72.1 Å². The van der Waals surface area contributed by atoms with Gasteiger partial charge in [0.1, 0.15) is 11.9 Å². The Bertz CT molecular complexity index is 871. The highest BCUT2D eigenvalue weighted by Gasteiger charge is 2.22. The zero-order chi connectivity index (χ0) is 15.7. The van der Waals surface area contributed by atoms with Crippen molar-refractivity contribution in [2.75, 3.05) is 0 Å². The summed E-state index contributed by atoms with van der Waals surface area (Å²) in [6.07, 6.45) is -0.729. The molecule has 5 nitrogen and oxygen atoms in total. The zero-order valence-electron chi connectivity index (χ0n) is 11.7. The number of rotatable bonds is 4. The van der Waals surface area contributed by atoms with Crippen LogP contribution in [0.4, 0.5) is 0 Å². The van der Waals surface area contributed by atoms with Crippen LogP contribution in [-0.2, 0) is 14.3 Å². The first kappa shape index (κ1) is 15.0. The van der Waals surface area contributed by atoms with Gasteiger partial charge in [0.2, 0.25) is 0 Å². The van der Waals surface area contributed by atoms with Crippen LogP contribution in [0.25, 0.3) is 11.0 Å². The summed E-state index contributed by atoms with van der Waals surface area (Å²) in [6, 6.07) is 13.3. The van der Waals surface area contributed by atoms with Crippen molar-refractivity contribution < 1.29 is 12.6 Å². The second-order valence-corrected chi connectivity index (χ2v) is 6.79. The molecule has 0 amide bonds. The van der Waals surface area contributed by atoms with Crippen molar-refractivity contribution in [2.45, 2.75) is 17.9 Å². The molecule has 3 aromatic rings. The number of aromatic amines is 1. The fraction of sp³-hybridized carbons (Fsp3) is 0.133. The molecule has 7 heteroatoms. The standard InChI is InChI=1S/C15H13ClN2O3S/c1-10(15-17-13-4-2-3-5-14(13)18-15)21-22(19,20)12-8-6-11(16)7-9-12/h2-10H,1H3,(H,17,18)/t10-/m0/s1. The number of hydrogen-bond donors (Lipinski definition) is 1. The Morgan fingerprint density at radius 2 is 1.82 bits per heavy atom. The molecular weight excluding hydrogens is 324 g/mol. The van der Waals surface area contributed by atoms with Crippen LogP contribution >= 0.6 is 11.6 Å². The van der Waals surface area contributed by atoms with E-state index >= 15 is 0 Å². The fourth-order valence-electron chi connectivity index (χ4n) is 2.06. The number of H-pyrrole nitrogens is 1. The largest absolute Gasteiger partial charge is 0.340 e. The first-order chi connectivity index (χ1) is 10.5. The number of para-hydroxylation sites is 2. The van der Waals surface area contributed by atoms with Crippen molar-refractivity contribution in [2.24, 2.45) is 0 Å². The van der Waals surface area contributed by atoms with Gasteiger partial charge >= 0.3 is 0 Å². The lowest BCUT2D eigenvalue weighted by Gasteiger charge is -2.10. The summed E-state index contributed by atoms with van der Waals surface area (Å²) < 4.78 is 29.7. The number of fused-ring (bicyclic) bond motifs is 1. The number of hydrogen-bond acceptors (Lipinski definition) is 4. The quantitative estimate of drug-likeness (QED) is 0.738. The molecular formula is C15H13ClN2O3S. The highest BCUT2D eigenvalue weighted by molar-refractivity contribution is 7.86. The van der Waals surface area contributed by atoms with E-state index in [0.717, 1.165) is 11.0 Å². The van der Waals surface area contributed by atoms with E-state index in [-0.39, 0.29) is 4.90 Å². The molecule has 0 saturated carbocycles. The molecule has 0 aliphatic rings. The summed E-state index contributed by atoms with van der Waals surface area (Å²) in [4.78, 5) is 7.45. The molecule has 1 heterocycles. The SMILES string of the molecule is C[C@H](OS(=O)(=O)c1ccc(Cl)cc1)c1nc2ccccc2[nH]1. The van der Waals surface area contributed by atoms with E-state index in [1.807, 2.05) is 24.3 Å². The van der Waals surface area contributed by atoms with E-state index in [0.29, 0.717) is 10.8 Å². The minimum atomic E-state index is -3.88. The Labute approximate surface area is 133 Å². The third kappa shape index (κ3) is 2.99. The maximum absolute atomic E-state index is 12.2. The van der Waals surface area contributed by atoms with Crippen LogP contribution in [-0.4, -0.2) is 18.4 Å². The maximum Gasteiger partial charge on any atom is 0.297 e. The molecule has 0 spiro atoms. The highest BCUT2D eigenvalue weighted by atomic mass is 35.5. The number of halogens is 1. The van der Waals surface area contributed by atoms with E-state index < -0.39 is 16.2 Å². The molecule has 3 rings (SSSR count). The third-order valence-electron chi connectivity index (χ3n) is 3.17. The van der Waals surface area contributed by atoms with E-state index in [9.17, 15) is 8.42 Å². The van der Waals surface area contributed by atoms with Crippen LogP contribution in [0.2, 0.25) is 5.02 Å². The summed E-state index contributed by atoms with van der Waals surface area (Å²) in [5.74, 6) is 0.457. The lowest BCUT2D eigenvalue weighted by molar-refractivity contribution is 0.225. The number of imidazole rings is 1. The van der Waals surface area contributed by atoms with Crippen LogP contribution in [0.5, 0.6) is 0 Å². The minimum absolute atomic E-state index is 0.0554. The van der Waals surface area contributed by atoms with Crippen LogP contribution in [0, 0.1) is 0 Å². The van der Waals surface area contributed by atoms with Crippen molar-refractivity contribution in [3.05, 3.63) is 59.4 Å². The van der Waals surface area contributed by atoms with Crippen molar-refractivity contribution in [1.82, 2.24) is 9.97 Å². The van der Waals surface area contributed by atoms with Crippen LogP contribution < -0.4 is 0 Å². The Morgan fingerprint density at radius 1 is 1.14 bits per heavy atom. The number of nitrogens with one attached hydrogen (secondary N) is 1. The molecule has 0 fully saturated rings. The van der Waals surface area contributed by atoms with Gasteiger partial charge in [0.05, 0.1) is 15.9 Å². The Hall–Kier alpha value is -1.89. The van der Waals surface area contributed by atoms with E-state index in [2.05, 4.69) is 9.97 Å². The zero-order valence-corrected chi connectivity index (χ0v) is 13.2. The van der Waals surface area contributed by atoms with Gasteiger partial charge < -0.3 is 4.98 Å². The Kier molecular flexibility index (Phi) is 3.90. The molecule has 0 radical (unpaired) electrons. The second kappa shape index (κ2) is 5.72. The summed E-state index contributed by atoms with van der Waals surface area (Å²) in [7, 11) is -3.88. The summed E-state index contributed by atoms with van der Waals surface area (Å²) in [6.45, 7) is 1.63. The Morgan fingerprint density at radius 3 is 2.50 bits per heavy atom. The normalized spacial score (nSPS) is 13.4. The molecule has 0 bridgehead atoms. The molecule has 114 valence electrons. The highest BCUT2D eigenvalue weighted by Crippen LogP contribution is 2.24. The molecule has 0 aliphatic heterocycles. The Balaban J connectivity index is 1.86. The molecule has 1 atom stereocenters. The number of aromatic nitrogens is 2. The average Bonchev–Trinajstić information content (AvgIpc) is 2.91. The van der Waals surface area contributed by atoms with Gasteiger partial charge in [0.15, 0.2) is 0 Å². The van der Waals surface area contributed by atoms with Gasteiger partial charge in [-0.1, -0.05) is 23.7 Å². The van der Waals surface area contributed by atoms with Crippen LogP contribution in [0.1, 0.15) is 18.9 Å². The maximum atomic E-state index is 12.2. The van der Waals surface area contributed by atoms with Gasteiger partial charge in [-0.05, 0) is 43.3 Å². The smallest absolute Gasteiger partial charge is 0.297 e. The summed E-state index contributed by atoms with van der Waals surface area (Å²) in [5.41, 5.74) is 1.59. The van der Waals surface area contributed by atoms with Crippen LogP contribution in [0.3, 0.4) is 0 Å². The lowest BCUT2D eigenvalue weighted by atomic mass is 10.3. The van der Waals surface area contributed by atoms with Gasteiger partial charge in [-0.25, -0.2) is 4.98 Å². The minimum Gasteiger partial charge on any atom is -0.340 e. The molecule has 0 saturated heterocycles. The predicted molar refractivity (Wildman–Crippen MR) is 84.2 cm³/mol. The first-order valence-corrected chi connectivity index (χ1v) is 8.38. The van der Waals surface area contributed by atoms with Gasteiger partial charge in [-0.2, -0.15) is 8.42 Å². The second-order valence-electron chi connectivity index (χ2n) is 4.79. The number of benzene rings is 2. The fourth-order valence-corrected chi connectivity index (χ4v) is 3.24. The van der Waals surface area contributed by atoms with Gasteiger partial charge in [-0.3, -0.25) is 4.18 Å². The molecule has 0 aliphatic carbocycles. The van der Waals surface area contributed by atoms with Gasteiger partial charge in [0.25, 0.3) is 10.1 Å². The van der Waals surface area contributed by atoms with Gasteiger partial charge in [0, 0.05) is 5.02 Å². The molecule has 22 heavy (non-hydrogen) atoms. The van der Waals surface area contributed by atoms with Crippen molar-refractivity contribution in [3.63, 3.8) is 0 Å². The first-order valence-electron chi connectivity index (χ1n) is 6.59. The average molecular weight is 337 g/mol.